The maximum absolute atomic E-state index is 2.31. The van der Waals surface area contributed by atoms with Crippen LogP contribution in [0.5, 0.6) is 0 Å². The maximum atomic E-state index is 2.31. The molecule has 0 saturated heterocycles. The maximum Gasteiger partial charge on any atom is 0.0182 e. The van der Waals surface area contributed by atoms with Crippen LogP contribution in [-0.2, 0) is 0 Å². The van der Waals surface area contributed by atoms with Crippen LogP contribution < -0.4 is 0 Å². The van der Waals surface area contributed by atoms with Crippen LogP contribution in [0.2, 0.25) is 0 Å². The van der Waals surface area contributed by atoms with Crippen molar-refractivity contribution in [2.24, 2.45) is 0 Å². The minimum Gasteiger partial charge on any atom is -0.331 e. The number of hydrogen-bond acceptors (Lipinski definition) is 0. The largest absolute Gasteiger partial charge is 0.331 e. The van der Waals surface area contributed by atoms with E-state index >= 15 is 0 Å². The molecule has 0 aliphatic heterocycles. The SMILES string of the molecule is Cc1cccn1P(C)C. The predicted octanol–water partition coefficient (Wildman–Crippen LogP) is 2.30. The first-order chi connectivity index (χ1) is 4.22. The molecule has 0 aliphatic rings. The van der Waals surface area contributed by atoms with Crippen LogP contribution in [0.1, 0.15) is 5.69 Å². The Bertz CT molecular complexity index is 191. The van der Waals surface area contributed by atoms with Gasteiger partial charge in [0.15, 0.2) is 0 Å². The second-order valence-electron chi connectivity index (χ2n) is 2.34. The summed E-state index contributed by atoms with van der Waals surface area (Å²) < 4.78 is 2.31. The lowest BCUT2D eigenvalue weighted by molar-refractivity contribution is 1.15. The summed E-state index contributed by atoms with van der Waals surface area (Å²) in [6.45, 7) is 6.65. The molecule has 0 unspecified atom stereocenters. The van der Waals surface area contributed by atoms with Gasteiger partial charge in [0.2, 0.25) is 0 Å². The van der Waals surface area contributed by atoms with Gasteiger partial charge in [-0.1, -0.05) is 0 Å². The smallest absolute Gasteiger partial charge is 0.0182 e. The van der Waals surface area contributed by atoms with E-state index in [0.29, 0.717) is 0 Å². The van der Waals surface area contributed by atoms with E-state index < -0.39 is 0 Å². The lowest BCUT2D eigenvalue weighted by Crippen LogP contribution is -1.87. The molecule has 9 heavy (non-hydrogen) atoms. The van der Waals surface area contributed by atoms with Crippen molar-refractivity contribution >= 4 is 8.07 Å². The Balaban J connectivity index is 2.94. The Labute approximate surface area is 57.5 Å². The van der Waals surface area contributed by atoms with Crippen molar-refractivity contribution in [2.45, 2.75) is 6.92 Å². The van der Waals surface area contributed by atoms with E-state index in [4.69, 9.17) is 0 Å². The van der Waals surface area contributed by atoms with Crippen molar-refractivity contribution in [3.05, 3.63) is 24.0 Å². The summed E-state index contributed by atoms with van der Waals surface area (Å²) in [5.74, 6) is 0. The summed E-state index contributed by atoms with van der Waals surface area (Å²) in [5, 5.41) is 0. The Hall–Kier alpha value is -0.290. The number of aryl methyl sites for hydroxylation is 1. The van der Waals surface area contributed by atoms with Gasteiger partial charge in [0.05, 0.1) is 0 Å². The molecule has 0 saturated carbocycles. The van der Waals surface area contributed by atoms with Crippen molar-refractivity contribution in [2.75, 3.05) is 13.3 Å². The van der Waals surface area contributed by atoms with Gasteiger partial charge < -0.3 is 4.34 Å². The number of aromatic nitrogens is 1. The molecule has 0 aromatic carbocycles. The minimum absolute atomic E-state index is 0.0373. The fourth-order valence-electron chi connectivity index (χ4n) is 0.907. The van der Waals surface area contributed by atoms with Crippen molar-refractivity contribution < 1.29 is 0 Å². The van der Waals surface area contributed by atoms with Crippen molar-refractivity contribution in [3.8, 4) is 0 Å². The van der Waals surface area contributed by atoms with Crippen LogP contribution in [-0.4, -0.2) is 17.7 Å². The van der Waals surface area contributed by atoms with Crippen LogP contribution in [0.25, 0.3) is 0 Å². The Morgan fingerprint density at radius 3 is 2.33 bits per heavy atom. The summed E-state index contributed by atoms with van der Waals surface area (Å²) in [4.78, 5) is 0. The van der Waals surface area contributed by atoms with E-state index in [0.717, 1.165) is 0 Å². The first-order valence-corrected chi connectivity index (χ1v) is 5.22. The second kappa shape index (κ2) is 2.53. The Kier molecular flexibility index (Phi) is 1.92. The number of nitrogens with zero attached hydrogens (tertiary/aromatic N) is 1. The molecular formula is C7H12NP. The summed E-state index contributed by atoms with van der Waals surface area (Å²) >= 11 is 0. The van der Waals surface area contributed by atoms with Crippen molar-refractivity contribution in [1.29, 1.82) is 0 Å². The zero-order valence-corrected chi connectivity index (χ0v) is 7.02. The number of hydrogen-bond donors (Lipinski definition) is 0. The van der Waals surface area contributed by atoms with E-state index in [-0.39, 0.29) is 8.07 Å². The van der Waals surface area contributed by atoms with Gasteiger partial charge in [0, 0.05) is 11.9 Å². The Morgan fingerprint density at radius 2 is 2.11 bits per heavy atom. The van der Waals surface area contributed by atoms with Crippen LogP contribution in [0.3, 0.4) is 0 Å². The normalized spacial score (nSPS) is 10.7. The molecule has 0 aliphatic carbocycles. The molecule has 0 bridgehead atoms. The van der Waals surface area contributed by atoms with Gasteiger partial charge in [-0.25, -0.2) is 0 Å². The van der Waals surface area contributed by atoms with E-state index in [2.05, 4.69) is 42.9 Å². The lowest BCUT2D eigenvalue weighted by atomic mass is 10.5. The number of rotatable bonds is 1. The first kappa shape index (κ1) is 6.82. The average Bonchev–Trinajstić information content (AvgIpc) is 2.13. The summed E-state index contributed by atoms with van der Waals surface area (Å²) in [5.41, 5.74) is 1.37. The van der Waals surface area contributed by atoms with E-state index in [9.17, 15) is 0 Å². The molecule has 0 spiro atoms. The van der Waals surface area contributed by atoms with Gasteiger partial charge in [-0.3, -0.25) is 0 Å². The van der Waals surface area contributed by atoms with E-state index in [1.54, 1.807) is 0 Å². The third-order valence-corrected chi connectivity index (χ3v) is 2.67. The molecule has 2 heteroatoms. The third-order valence-electron chi connectivity index (χ3n) is 1.36. The van der Waals surface area contributed by atoms with Crippen LogP contribution in [0, 0.1) is 6.92 Å². The van der Waals surface area contributed by atoms with Gasteiger partial charge in [-0.05, 0) is 40.5 Å². The molecule has 1 heterocycles. The van der Waals surface area contributed by atoms with Gasteiger partial charge >= 0.3 is 0 Å². The van der Waals surface area contributed by atoms with Crippen molar-refractivity contribution in [1.82, 2.24) is 4.34 Å². The second-order valence-corrected chi connectivity index (χ2v) is 4.47. The summed E-state index contributed by atoms with van der Waals surface area (Å²) in [6.07, 6.45) is 2.14. The van der Waals surface area contributed by atoms with Gasteiger partial charge in [-0.15, -0.1) is 0 Å². The standard InChI is InChI=1S/C7H12NP/c1-7-5-4-6-8(7)9(2)3/h4-6H,1-3H3. The highest BCUT2D eigenvalue weighted by Crippen LogP contribution is 2.28. The molecule has 1 aromatic heterocycles. The zero-order valence-electron chi connectivity index (χ0n) is 6.13. The quantitative estimate of drug-likeness (QED) is 0.529. The van der Waals surface area contributed by atoms with E-state index in [1.807, 2.05) is 0 Å². The first-order valence-electron chi connectivity index (χ1n) is 3.03. The van der Waals surface area contributed by atoms with Gasteiger partial charge in [-0.2, -0.15) is 0 Å². The lowest BCUT2D eigenvalue weighted by Gasteiger charge is -2.08. The Morgan fingerprint density at radius 1 is 1.44 bits per heavy atom. The molecule has 1 rings (SSSR count). The fraction of sp³-hybridized carbons (Fsp3) is 0.429. The highest BCUT2D eigenvalue weighted by molar-refractivity contribution is 7.54. The highest BCUT2D eigenvalue weighted by atomic mass is 31.1. The van der Waals surface area contributed by atoms with Crippen molar-refractivity contribution in [3.63, 3.8) is 0 Å². The highest BCUT2D eigenvalue weighted by Gasteiger charge is 1.96. The molecule has 0 radical (unpaired) electrons. The molecule has 50 valence electrons. The minimum atomic E-state index is 0.0373. The average molecular weight is 141 g/mol. The van der Waals surface area contributed by atoms with E-state index in [1.165, 1.54) is 5.69 Å². The molecule has 0 atom stereocenters. The fourth-order valence-corrected chi connectivity index (χ4v) is 1.95. The molecule has 1 nitrogen and oxygen atoms in total. The third kappa shape index (κ3) is 1.34. The molecule has 0 N–H and O–H groups in total. The molecule has 0 fully saturated rings. The van der Waals surface area contributed by atoms with Gasteiger partial charge in [0.25, 0.3) is 0 Å². The molecular weight excluding hydrogens is 129 g/mol. The summed E-state index contributed by atoms with van der Waals surface area (Å²) in [6, 6.07) is 4.24. The van der Waals surface area contributed by atoms with Gasteiger partial charge in [0.1, 0.15) is 0 Å². The topological polar surface area (TPSA) is 4.93 Å². The zero-order chi connectivity index (χ0) is 6.85. The van der Waals surface area contributed by atoms with Crippen LogP contribution in [0.4, 0.5) is 0 Å². The molecule has 0 amide bonds. The monoisotopic (exact) mass is 141 g/mol. The summed E-state index contributed by atoms with van der Waals surface area (Å²) in [7, 11) is 0.0373. The van der Waals surface area contributed by atoms with Crippen LogP contribution in [0.15, 0.2) is 18.3 Å². The predicted molar refractivity (Wildman–Crippen MR) is 43.3 cm³/mol. The van der Waals surface area contributed by atoms with Crippen LogP contribution >= 0.6 is 8.07 Å². The molecule has 1 aromatic rings.